The largest absolute Gasteiger partial charge is 0.369 e. The first kappa shape index (κ1) is 17.5. The van der Waals surface area contributed by atoms with Crippen LogP contribution >= 0.6 is 23.2 Å². The molecule has 1 aromatic rings. The van der Waals surface area contributed by atoms with Crippen LogP contribution in [0.1, 0.15) is 12.8 Å². The lowest BCUT2D eigenvalue weighted by molar-refractivity contribution is -0.119. The highest BCUT2D eigenvalue weighted by Gasteiger charge is 2.26. The van der Waals surface area contributed by atoms with Gasteiger partial charge in [0.15, 0.2) is 0 Å². The van der Waals surface area contributed by atoms with Gasteiger partial charge in [-0.15, -0.1) is 0 Å². The fourth-order valence-electron chi connectivity index (χ4n) is 2.40. The van der Waals surface area contributed by atoms with Crippen molar-refractivity contribution in [3.8, 4) is 0 Å². The fraction of sp³-hybridized carbons (Fsp3) is 0.462. The molecule has 0 radical (unpaired) electrons. The lowest BCUT2D eigenvalue weighted by Crippen LogP contribution is -2.46. The molecule has 122 valence electrons. The molecule has 1 amide bonds. The second-order valence-electron chi connectivity index (χ2n) is 5.21. The number of carbonyl (C=O) groups excluding carboxylic acids is 1. The number of benzene rings is 1. The van der Waals surface area contributed by atoms with Crippen LogP contribution in [0.3, 0.4) is 0 Å². The third kappa shape index (κ3) is 4.57. The number of hydrogen-bond donors (Lipinski definition) is 2. The zero-order valence-electron chi connectivity index (χ0n) is 11.8. The number of sulfonamides is 1. The minimum Gasteiger partial charge on any atom is -0.369 e. The molecule has 0 saturated carbocycles. The maximum absolute atomic E-state index is 12.4. The molecule has 1 aliphatic heterocycles. The SMILES string of the molecule is NC(=O)CN1CCC(NS(=O)(=O)c2cc(Cl)ccc2Cl)CC1. The Balaban J connectivity index is 2.02. The third-order valence-electron chi connectivity index (χ3n) is 3.47. The highest BCUT2D eigenvalue weighted by molar-refractivity contribution is 7.89. The van der Waals surface area contributed by atoms with Gasteiger partial charge in [0.05, 0.1) is 11.6 Å². The van der Waals surface area contributed by atoms with Crippen LogP contribution in [0.4, 0.5) is 0 Å². The van der Waals surface area contributed by atoms with Crippen LogP contribution in [0.15, 0.2) is 23.1 Å². The predicted molar refractivity (Wildman–Crippen MR) is 85.4 cm³/mol. The van der Waals surface area contributed by atoms with E-state index in [-0.39, 0.29) is 28.4 Å². The first-order valence-corrected chi connectivity index (χ1v) is 9.00. The molecule has 1 fully saturated rings. The Morgan fingerprint density at radius 3 is 2.55 bits per heavy atom. The van der Waals surface area contributed by atoms with Crippen LogP contribution in [0.2, 0.25) is 10.0 Å². The third-order valence-corrected chi connectivity index (χ3v) is 5.71. The molecule has 6 nitrogen and oxygen atoms in total. The maximum Gasteiger partial charge on any atom is 0.242 e. The summed E-state index contributed by atoms with van der Waals surface area (Å²) in [5, 5.41) is 0.434. The van der Waals surface area contributed by atoms with E-state index in [9.17, 15) is 13.2 Å². The van der Waals surface area contributed by atoms with Crippen molar-refractivity contribution in [1.29, 1.82) is 0 Å². The number of amides is 1. The molecule has 3 N–H and O–H groups in total. The van der Waals surface area contributed by atoms with E-state index < -0.39 is 10.0 Å². The molecule has 0 spiro atoms. The number of halogens is 2. The Bertz CT molecular complexity index is 658. The van der Waals surface area contributed by atoms with E-state index in [4.69, 9.17) is 28.9 Å². The van der Waals surface area contributed by atoms with E-state index in [1.54, 1.807) is 0 Å². The summed E-state index contributed by atoms with van der Waals surface area (Å²) in [6.45, 7) is 1.42. The van der Waals surface area contributed by atoms with Gasteiger partial charge >= 0.3 is 0 Å². The van der Waals surface area contributed by atoms with E-state index in [1.807, 2.05) is 4.90 Å². The van der Waals surface area contributed by atoms with E-state index in [2.05, 4.69) is 4.72 Å². The van der Waals surface area contributed by atoms with Gasteiger partial charge in [0.2, 0.25) is 15.9 Å². The van der Waals surface area contributed by atoms with Crippen LogP contribution in [0, 0.1) is 0 Å². The van der Waals surface area contributed by atoms with E-state index in [0.717, 1.165) is 0 Å². The van der Waals surface area contributed by atoms with Crippen LogP contribution in [-0.4, -0.2) is 44.9 Å². The zero-order valence-corrected chi connectivity index (χ0v) is 14.1. The molecular formula is C13H17Cl2N3O3S. The Morgan fingerprint density at radius 2 is 1.95 bits per heavy atom. The minimum atomic E-state index is -3.73. The summed E-state index contributed by atoms with van der Waals surface area (Å²) < 4.78 is 27.4. The normalized spacial score (nSPS) is 17.5. The van der Waals surface area contributed by atoms with Crippen molar-refractivity contribution in [3.63, 3.8) is 0 Å². The lowest BCUT2D eigenvalue weighted by Gasteiger charge is -2.31. The highest BCUT2D eigenvalue weighted by atomic mass is 35.5. The van der Waals surface area contributed by atoms with Crippen molar-refractivity contribution in [1.82, 2.24) is 9.62 Å². The summed E-state index contributed by atoms with van der Waals surface area (Å²) >= 11 is 11.8. The number of primary amides is 1. The average Bonchev–Trinajstić information content (AvgIpc) is 2.43. The highest BCUT2D eigenvalue weighted by Crippen LogP contribution is 2.25. The molecule has 9 heteroatoms. The van der Waals surface area contributed by atoms with Gasteiger partial charge in [0, 0.05) is 24.2 Å². The minimum absolute atomic E-state index is 0.0266. The Morgan fingerprint density at radius 1 is 1.32 bits per heavy atom. The number of rotatable bonds is 5. The molecule has 2 rings (SSSR count). The van der Waals surface area contributed by atoms with Crippen molar-refractivity contribution in [3.05, 3.63) is 28.2 Å². The van der Waals surface area contributed by atoms with Crippen molar-refractivity contribution < 1.29 is 13.2 Å². The van der Waals surface area contributed by atoms with Crippen molar-refractivity contribution in [2.24, 2.45) is 5.73 Å². The molecule has 1 aliphatic rings. The van der Waals surface area contributed by atoms with Crippen molar-refractivity contribution >= 4 is 39.1 Å². The lowest BCUT2D eigenvalue weighted by atomic mass is 10.1. The number of hydrogen-bond acceptors (Lipinski definition) is 4. The second-order valence-corrected chi connectivity index (χ2v) is 7.74. The van der Waals surface area contributed by atoms with E-state index in [0.29, 0.717) is 31.0 Å². The summed E-state index contributed by atoms with van der Waals surface area (Å²) in [5.74, 6) is -0.385. The quantitative estimate of drug-likeness (QED) is 0.820. The Labute approximate surface area is 139 Å². The summed E-state index contributed by atoms with van der Waals surface area (Å²) in [6, 6.07) is 4.11. The topological polar surface area (TPSA) is 92.5 Å². The van der Waals surface area contributed by atoms with E-state index >= 15 is 0 Å². The van der Waals surface area contributed by atoms with Gasteiger partial charge in [-0.25, -0.2) is 13.1 Å². The maximum atomic E-state index is 12.4. The number of nitrogens with two attached hydrogens (primary N) is 1. The number of piperidine rings is 1. The fourth-order valence-corrected chi connectivity index (χ4v) is 4.46. The van der Waals surface area contributed by atoms with Gasteiger partial charge in [-0.1, -0.05) is 23.2 Å². The van der Waals surface area contributed by atoms with Crippen molar-refractivity contribution in [2.45, 2.75) is 23.8 Å². The Kier molecular flexibility index (Phi) is 5.68. The van der Waals surface area contributed by atoms with Gasteiger partial charge < -0.3 is 5.73 Å². The molecule has 22 heavy (non-hydrogen) atoms. The monoisotopic (exact) mass is 365 g/mol. The van der Waals surface area contributed by atoms with Gasteiger partial charge in [-0.05, 0) is 31.0 Å². The number of likely N-dealkylation sites (tertiary alicyclic amines) is 1. The van der Waals surface area contributed by atoms with Crippen molar-refractivity contribution in [2.75, 3.05) is 19.6 Å². The summed E-state index contributed by atoms with van der Waals surface area (Å²) in [4.78, 5) is 12.7. The van der Waals surface area contributed by atoms with Gasteiger partial charge in [0.25, 0.3) is 0 Å². The number of nitrogens with zero attached hydrogens (tertiary/aromatic N) is 1. The van der Waals surface area contributed by atoms with Crippen LogP contribution in [0.25, 0.3) is 0 Å². The molecule has 0 unspecified atom stereocenters. The second kappa shape index (κ2) is 7.14. The van der Waals surface area contributed by atoms with E-state index in [1.165, 1.54) is 18.2 Å². The number of carbonyl (C=O) groups is 1. The van der Waals surface area contributed by atoms with Crippen LogP contribution in [0.5, 0.6) is 0 Å². The molecule has 0 bridgehead atoms. The Hall–Kier alpha value is -0.860. The molecule has 1 saturated heterocycles. The summed E-state index contributed by atoms with van der Waals surface area (Å²) in [7, 11) is -3.73. The molecule has 0 atom stereocenters. The van der Waals surface area contributed by atoms with Gasteiger partial charge in [-0.3, -0.25) is 9.69 Å². The first-order valence-electron chi connectivity index (χ1n) is 6.76. The zero-order chi connectivity index (χ0) is 16.3. The van der Waals surface area contributed by atoms with Gasteiger partial charge in [-0.2, -0.15) is 0 Å². The molecule has 1 aromatic carbocycles. The molecular weight excluding hydrogens is 349 g/mol. The molecule has 1 heterocycles. The molecule has 0 aliphatic carbocycles. The first-order chi connectivity index (χ1) is 10.3. The average molecular weight is 366 g/mol. The number of nitrogens with one attached hydrogen (secondary N) is 1. The predicted octanol–water partition coefficient (Wildman–Crippen LogP) is 1.22. The standard InChI is InChI=1S/C13H17Cl2N3O3S/c14-9-1-2-11(15)12(7-9)22(20,21)17-10-3-5-18(6-4-10)8-13(16)19/h1-2,7,10,17H,3-6,8H2,(H2,16,19). The molecule has 0 aromatic heterocycles. The van der Waals surface area contributed by atoms with Crippen LogP contribution in [-0.2, 0) is 14.8 Å². The van der Waals surface area contributed by atoms with Crippen LogP contribution < -0.4 is 10.5 Å². The summed E-state index contributed by atoms with van der Waals surface area (Å²) in [5.41, 5.74) is 5.15. The smallest absolute Gasteiger partial charge is 0.242 e. The summed E-state index contributed by atoms with van der Waals surface area (Å²) in [6.07, 6.45) is 1.20. The van der Waals surface area contributed by atoms with Gasteiger partial charge in [0.1, 0.15) is 4.90 Å².